The van der Waals surface area contributed by atoms with E-state index < -0.39 is 0 Å². The minimum atomic E-state index is 0.472. The molecule has 1 aromatic heterocycles. The molecule has 1 aliphatic rings. The Hall–Kier alpha value is -1.25. The Kier molecular flexibility index (Phi) is 4.85. The second kappa shape index (κ2) is 6.62. The van der Waals surface area contributed by atoms with E-state index >= 15 is 0 Å². The van der Waals surface area contributed by atoms with Crippen LogP contribution >= 0.6 is 0 Å². The molecular weight excluding hydrogens is 224 g/mol. The van der Waals surface area contributed by atoms with Crippen LogP contribution in [0.2, 0.25) is 0 Å². The Balaban J connectivity index is 1.99. The molecular formula is C15H24N2O. The van der Waals surface area contributed by atoms with Gasteiger partial charge in [0.25, 0.3) is 0 Å². The number of aromatic nitrogens is 1. The first-order valence-electron chi connectivity index (χ1n) is 7.15. The molecule has 1 saturated carbocycles. The summed E-state index contributed by atoms with van der Waals surface area (Å²) in [5.41, 5.74) is 0. The monoisotopic (exact) mass is 248 g/mol. The first kappa shape index (κ1) is 13.2. The lowest BCUT2D eigenvalue weighted by atomic mass is 9.84. The fourth-order valence-electron chi connectivity index (χ4n) is 2.74. The highest BCUT2D eigenvalue weighted by atomic mass is 16.5. The number of nitrogens with zero attached hydrogens (tertiary/aromatic N) is 1. The highest BCUT2D eigenvalue weighted by Gasteiger charge is 2.21. The SMILES string of the molecule is CCOc1cccnc1NC(C)C1CCCCC1. The molecule has 1 heterocycles. The van der Waals surface area contributed by atoms with Gasteiger partial charge < -0.3 is 10.1 Å². The van der Waals surface area contributed by atoms with Crippen LogP contribution in [-0.2, 0) is 0 Å². The van der Waals surface area contributed by atoms with Crippen molar-refractivity contribution in [1.82, 2.24) is 4.98 Å². The van der Waals surface area contributed by atoms with Crippen LogP contribution in [0.3, 0.4) is 0 Å². The van der Waals surface area contributed by atoms with Gasteiger partial charge in [-0.3, -0.25) is 0 Å². The Morgan fingerprint density at radius 1 is 1.39 bits per heavy atom. The van der Waals surface area contributed by atoms with Gasteiger partial charge in [0.2, 0.25) is 0 Å². The maximum Gasteiger partial charge on any atom is 0.168 e. The highest BCUT2D eigenvalue weighted by Crippen LogP contribution is 2.29. The average Bonchev–Trinajstić information content (AvgIpc) is 2.42. The van der Waals surface area contributed by atoms with Crippen molar-refractivity contribution in [2.24, 2.45) is 5.92 Å². The zero-order chi connectivity index (χ0) is 12.8. The van der Waals surface area contributed by atoms with Crippen LogP contribution in [0.25, 0.3) is 0 Å². The van der Waals surface area contributed by atoms with Gasteiger partial charge in [0, 0.05) is 12.2 Å². The highest BCUT2D eigenvalue weighted by molar-refractivity contribution is 5.50. The first-order valence-corrected chi connectivity index (χ1v) is 7.15. The van der Waals surface area contributed by atoms with Crippen molar-refractivity contribution in [3.05, 3.63) is 18.3 Å². The topological polar surface area (TPSA) is 34.1 Å². The summed E-state index contributed by atoms with van der Waals surface area (Å²) in [6.45, 7) is 4.94. The third-order valence-corrected chi connectivity index (χ3v) is 3.79. The van der Waals surface area contributed by atoms with Gasteiger partial charge in [-0.25, -0.2) is 4.98 Å². The molecule has 1 unspecified atom stereocenters. The molecule has 0 aromatic carbocycles. The van der Waals surface area contributed by atoms with E-state index in [1.54, 1.807) is 0 Å². The van der Waals surface area contributed by atoms with Crippen molar-refractivity contribution in [3.63, 3.8) is 0 Å². The zero-order valence-corrected chi connectivity index (χ0v) is 11.5. The summed E-state index contributed by atoms with van der Waals surface area (Å²) in [6, 6.07) is 4.37. The fraction of sp³-hybridized carbons (Fsp3) is 0.667. The smallest absolute Gasteiger partial charge is 0.168 e. The second-order valence-electron chi connectivity index (χ2n) is 5.11. The van der Waals surface area contributed by atoms with Crippen LogP contribution in [0.4, 0.5) is 5.82 Å². The molecule has 18 heavy (non-hydrogen) atoms. The van der Waals surface area contributed by atoms with Crippen LogP contribution in [-0.4, -0.2) is 17.6 Å². The van der Waals surface area contributed by atoms with E-state index in [0.717, 1.165) is 17.5 Å². The van der Waals surface area contributed by atoms with Crippen LogP contribution in [0.5, 0.6) is 5.75 Å². The van der Waals surface area contributed by atoms with Crippen molar-refractivity contribution < 1.29 is 4.74 Å². The molecule has 0 saturated heterocycles. The summed E-state index contributed by atoms with van der Waals surface area (Å²) in [4.78, 5) is 4.40. The van der Waals surface area contributed by atoms with E-state index in [1.165, 1.54) is 32.1 Å². The minimum absolute atomic E-state index is 0.472. The van der Waals surface area contributed by atoms with Gasteiger partial charge in [-0.1, -0.05) is 19.3 Å². The van der Waals surface area contributed by atoms with Crippen molar-refractivity contribution in [2.75, 3.05) is 11.9 Å². The van der Waals surface area contributed by atoms with Crippen LogP contribution in [0.15, 0.2) is 18.3 Å². The Bertz CT molecular complexity index is 361. The standard InChI is InChI=1S/C15H24N2O/c1-3-18-14-10-7-11-16-15(14)17-12(2)13-8-5-4-6-9-13/h7,10-13H,3-6,8-9H2,1-2H3,(H,16,17). The van der Waals surface area contributed by atoms with E-state index in [0.29, 0.717) is 12.6 Å². The van der Waals surface area contributed by atoms with E-state index in [2.05, 4.69) is 17.2 Å². The molecule has 1 atom stereocenters. The predicted octanol–water partition coefficient (Wildman–Crippen LogP) is 3.86. The molecule has 0 amide bonds. The van der Waals surface area contributed by atoms with E-state index in [-0.39, 0.29) is 0 Å². The third kappa shape index (κ3) is 3.37. The fourth-order valence-corrected chi connectivity index (χ4v) is 2.74. The van der Waals surface area contributed by atoms with Gasteiger partial charge >= 0.3 is 0 Å². The van der Waals surface area contributed by atoms with Crippen LogP contribution in [0, 0.1) is 5.92 Å². The first-order chi connectivity index (χ1) is 8.81. The van der Waals surface area contributed by atoms with Gasteiger partial charge in [0.1, 0.15) is 0 Å². The molecule has 0 bridgehead atoms. The van der Waals surface area contributed by atoms with Gasteiger partial charge in [-0.05, 0) is 44.7 Å². The Labute approximate surface area is 110 Å². The number of hydrogen-bond donors (Lipinski definition) is 1. The van der Waals surface area contributed by atoms with Crippen LogP contribution in [0.1, 0.15) is 46.0 Å². The number of nitrogens with one attached hydrogen (secondary N) is 1. The number of ether oxygens (including phenoxy) is 1. The predicted molar refractivity (Wildman–Crippen MR) is 75.1 cm³/mol. The maximum absolute atomic E-state index is 5.60. The summed E-state index contributed by atoms with van der Waals surface area (Å²) in [7, 11) is 0. The lowest BCUT2D eigenvalue weighted by molar-refractivity contribution is 0.323. The van der Waals surface area contributed by atoms with Gasteiger partial charge in [0.15, 0.2) is 11.6 Å². The normalized spacial score (nSPS) is 18.3. The number of pyridine rings is 1. The summed E-state index contributed by atoms with van der Waals surface area (Å²) >= 11 is 0. The molecule has 1 N–H and O–H groups in total. The average molecular weight is 248 g/mol. The molecule has 0 aliphatic heterocycles. The van der Waals surface area contributed by atoms with Gasteiger partial charge in [-0.2, -0.15) is 0 Å². The summed E-state index contributed by atoms with van der Waals surface area (Å²) < 4.78 is 5.60. The van der Waals surface area contributed by atoms with E-state index in [1.807, 2.05) is 25.3 Å². The van der Waals surface area contributed by atoms with Crippen molar-refractivity contribution in [3.8, 4) is 5.75 Å². The van der Waals surface area contributed by atoms with Crippen LogP contribution < -0.4 is 10.1 Å². The number of anilines is 1. The summed E-state index contributed by atoms with van der Waals surface area (Å²) in [5, 5.41) is 3.53. The zero-order valence-electron chi connectivity index (χ0n) is 11.5. The third-order valence-electron chi connectivity index (χ3n) is 3.79. The molecule has 1 aromatic rings. The van der Waals surface area contributed by atoms with E-state index in [4.69, 9.17) is 4.74 Å². The largest absolute Gasteiger partial charge is 0.490 e. The number of rotatable bonds is 5. The van der Waals surface area contributed by atoms with E-state index in [9.17, 15) is 0 Å². The molecule has 0 spiro atoms. The lowest BCUT2D eigenvalue weighted by Crippen LogP contribution is -2.28. The molecule has 0 radical (unpaired) electrons. The van der Waals surface area contributed by atoms with Crippen molar-refractivity contribution >= 4 is 5.82 Å². The lowest BCUT2D eigenvalue weighted by Gasteiger charge is -2.29. The molecule has 1 fully saturated rings. The summed E-state index contributed by atoms with van der Waals surface area (Å²) in [6.07, 6.45) is 8.64. The number of hydrogen-bond acceptors (Lipinski definition) is 3. The summed E-state index contributed by atoms with van der Waals surface area (Å²) in [5.74, 6) is 2.52. The van der Waals surface area contributed by atoms with Gasteiger partial charge in [0.05, 0.1) is 6.61 Å². The molecule has 1 aliphatic carbocycles. The Morgan fingerprint density at radius 3 is 2.89 bits per heavy atom. The van der Waals surface area contributed by atoms with Crippen molar-refractivity contribution in [2.45, 2.75) is 52.0 Å². The Morgan fingerprint density at radius 2 is 2.17 bits per heavy atom. The quantitative estimate of drug-likeness (QED) is 0.859. The molecule has 3 heteroatoms. The molecule has 100 valence electrons. The second-order valence-corrected chi connectivity index (χ2v) is 5.11. The maximum atomic E-state index is 5.60. The van der Waals surface area contributed by atoms with Gasteiger partial charge in [-0.15, -0.1) is 0 Å². The van der Waals surface area contributed by atoms with Crippen molar-refractivity contribution in [1.29, 1.82) is 0 Å². The molecule has 3 nitrogen and oxygen atoms in total. The minimum Gasteiger partial charge on any atom is -0.490 e. The molecule has 2 rings (SSSR count).